The van der Waals surface area contributed by atoms with Crippen LogP contribution < -0.4 is 5.73 Å². The first-order chi connectivity index (χ1) is 7.42. The van der Waals surface area contributed by atoms with Gasteiger partial charge in [0.1, 0.15) is 5.82 Å². The summed E-state index contributed by atoms with van der Waals surface area (Å²) in [7, 11) is 0. The second kappa shape index (κ2) is 3.69. The molecule has 1 aliphatic rings. The van der Waals surface area contributed by atoms with E-state index in [0.29, 0.717) is 17.2 Å². The standard InChI is InChI=1S/C10H16N4OS/c1-10(2,8(11)15)5-14-7(6-3-4-6)12-13-9(14)16/h6H,3-5H2,1-2H3,(H2,11,15)(H,13,16). The van der Waals surface area contributed by atoms with Gasteiger partial charge >= 0.3 is 0 Å². The molecule has 1 heterocycles. The Kier molecular flexibility index (Phi) is 2.61. The van der Waals surface area contributed by atoms with Gasteiger partial charge in [0.15, 0.2) is 4.77 Å². The number of rotatable bonds is 4. The molecule has 0 atom stereocenters. The highest BCUT2D eigenvalue weighted by atomic mass is 32.1. The highest BCUT2D eigenvalue weighted by molar-refractivity contribution is 7.71. The van der Waals surface area contributed by atoms with Crippen molar-refractivity contribution in [1.29, 1.82) is 0 Å². The van der Waals surface area contributed by atoms with E-state index >= 15 is 0 Å². The van der Waals surface area contributed by atoms with Crippen LogP contribution in [0.25, 0.3) is 0 Å². The van der Waals surface area contributed by atoms with E-state index in [0.717, 1.165) is 18.7 Å². The number of amides is 1. The molecule has 3 N–H and O–H groups in total. The van der Waals surface area contributed by atoms with Gasteiger partial charge in [-0.2, -0.15) is 5.10 Å². The molecule has 0 bridgehead atoms. The summed E-state index contributed by atoms with van der Waals surface area (Å²) in [5.74, 6) is 1.13. The molecule has 1 fully saturated rings. The zero-order valence-electron chi connectivity index (χ0n) is 9.49. The number of carbonyl (C=O) groups is 1. The van der Waals surface area contributed by atoms with Crippen LogP contribution in [0.5, 0.6) is 0 Å². The molecule has 88 valence electrons. The zero-order chi connectivity index (χ0) is 11.9. The van der Waals surface area contributed by atoms with Crippen LogP contribution in [0.4, 0.5) is 0 Å². The molecule has 0 unspecified atom stereocenters. The second-order valence-electron chi connectivity index (χ2n) is 5.00. The molecule has 5 nitrogen and oxygen atoms in total. The number of carbonyl (C=O) groups excluding carboxylic acids is 1. The van der Waals surface area contributed by atoms with Crippen LogP contribution in [0.1, 0.15) is 38.4 Å². The number of aromatic nitrogens is 3. The summed E-state index contributed by atoms with van der Waals surface area (Å²) < 4.78 is 2.47. The molecule has 1 aromatic heterocycles. The number of aromatic amines is 1. The highest BCUT2D eigenvalue weighted by Gasteiger charge is 2.32. The number of hydrogen-bond acceptors (Lipinski definition) is 3. The van der Waals surface area contributed by atoms with Crippen molar-refractivity contribution >= 4 is 18.1 Å². The van der Waals surface area contributed by atoms with Gasteiger partial charge in [0.2, 0.25) is 5.91 Å². The van der Waals surface area contributed by atoms with Crippen LogP contribution in [0.3, 0.4) is 0 Å². The van der Waals surface area contributed by atoms with E-state index in [1.165, 1.54) is 0 Å². The first-order valence-corrected chi connectivity index (χ1v) is 5.77. The lowest BCUT2D eigenvalue weighted by molar-refractivity contribution is -0.126. The van der Waals surface area contributed by atoms with Gasteiger partial charge in [-0.3, -0.25) is 9.89 Å². The van der Waals surface area contributed by atoms with Gasteiger partial charge in [0.25, 0.3) is 0 Å². The number of nitrogens with one attached hydrogen (secondary N) is 1. The molecule has 1 saturated carbocycles. The van der Waals surface area contributed by atoms with E-state index in [9.17, 15) is 4.79 Å². The summed E-state index contributed by atoms with van der Waals surface area (Å²) in [5, 5.41) is 7.00. The first-order valence-electron chi connectivity index (χ1n) is 5.37. The smallest absolute Gasteiger partial charge is 0.224 e. The van der Waals surface area contributed by atoms with Crippen LogP contribution in [0.2, 0.25) is 0 Å². The largest absolute Gasteiger partial charge is 0.369 e. The first kappa shape index (κ1) is 11.3. The van der Waals surface area contributed by atoms with Crippen LogP contribution in [-0.2, 0) is 11.3 Å². The molecule has 0 aliphatic heterocycles. The molecule has 2 rings (SSSR count). The summed E-state index contributed by atoms with van der Waals surface area (Å²) >= 11 is 5.17. The van der Waals surface area contributed by atoms with E-state index < -0.39 is 5.41 Å². The minimum atomic E-state index is -0.605. The normalized spacial score (nSPS) is 16.4. The number of hydrogen-bond donors (Lipinski definition) is 2. The quantitative estimate of drug-likeness (QED) is 0.779. The fourth-order valence-electron chi connectivity index (χ4n) is 1.61. The Hall–Kier alpha value is -1.17. The Bertz CT molecular complexity index is 469. The summed E-state index contributed by atoms with van der Waals surface area (Å²) in [6.45, 7) is 4.13. The third-order valence-electron chi connectivity index (χ3n) is 2.95. The van der Waals surface area contributed by atoms with Crippen molar-refractivity contribution in [3.63, 3.8) is 0 Å². The predicted molar refractivity (Wildman–Crippen MR) is 62.4 cm³/mol. The van der Waals surface area contributed by atoms with Gasteiger partial charge in [0, 0.05) is 12.5 Å². The summed E-state index contributed by atoms with van der Waals surface area (Å²) in [5.41, 5.74) is 4.76. The molecule has 1 amide bonds. The maximum absolute atomic E-state index is 11.3. The predicted octanol–water partition coefficient (Wildman–Crippen LogP) is 1.33. The maximum atomic E-state index is 11.3. The average Bonchev–Trinajstić information content (AvgIpc) is 2.95. The minimum Gasteiger partial charge on any atom is -0.369 e. The lowest BCUT2D eigenvalue weighted by atomic mass is 9.92. The summed E-state index contributed by atoms with van der Waals surface area (Å²) in [4.78, 5) is 11.3. The van der Waals surface area contributed by atoms with Crippen LogP contribution in [0, 0.1) is 10.2 Å². The Morgan fingerprint density at radius 2 is 2.31 bits per heavy atom. The van der Waals surface area contributed by atoms with Gasteiger partial charge in [0.05, 0.1) is 5.41 Å². The summed E-state index contributed by atoms with van der Waals surface area (Å²) in [6.07, 6.45) is 2.30. The fraction of sp³-hybridized carbons (Fsp3) is 0.700. The van der Waals surface area contributed by atoms with Crippen molar-refractivity contribution in [3.05, 3.63) is 10.6 Å². The lowest BCUT2D eigenvalue weighted by Gasteiger charge is -2.21. The number of primary amides is 1. The molecule has 0 spiro atoms. The zero-order valence-corrected chi connectivity index (χ0v) is 10.3. The van der Waals surface area contributed by atoms with E-state index in [-0.39, 0.29) is 5.91 Å². The van der Waals surface area contributed by atoms with Crippen molar-refractivity contribution in [3.8, 4) is 0 Å². The second-order valence-corrected chi connectivity index (χ2v) is 5.38. The molecule has 1 aliphatic carbocycles. The van der Waals surface area contributed by atoms with E-state index in [1.54, 1.807) is 0 Å². The van der Waals surface area contributed by atoms with Crippen molar-refractivity contribution in [1.82, 2.24) is 14.8 Å². The Morgan fingerprint density at radius 1 is 1.69 bits per heavy atom. The van der Waals surface area contributed by atoms with Crippen molar-refractivity contribution in [2.45, 2.75) is 39.2 Å². The van der Waals surface area contributed by atoms with E-state index in [1.807, 2.05) is 18.4 Å². The molecule has 6 heteroatoms. The fourth-order valence-corrected chi connectivity index (χ4v) is 1.81. The topological polar surface area (TPSA) is 76.7 Å². The Balaban J connectivity index is 2.30. The monoisotopic (exact) mass is 240 g/mol. The Labute approximate surface area is 99.0 Å². The number of nitrogens with zero attached hydrogens (tertiary/aromatic N) is 2. The molecular formula is C10H16N4OS. The Morgan fingerprint density at radius 3 is 2.81 bits per heavy atom. The van der Waals surface area contributed by atoms with Crippen LogP contribution in [-0.4, -0.2) is 20.7 Å². The highest BCUT2D eigenvalue weighted by Crippen LogP contribution is 2.39. The minimum absolute atomic E-state index is 0.322. The number of H-pyrrole nitrogens is 1. The van der Waals surface area contributed by atoms with E-state index in [4.69, 9.17) is 18.0 Å². The molecule has 0 aromatic carbocycles. The van der Waals surface area contributed by atoms with Crippen molar-refractivity contribution < 1.29 is 4.79 Å². The summed E-state index contributed by atoms with van der Waals surface area (Å²) in [6, 6.07) is 0. The van der Waals surface area contributed by atoms with Crippen LogP contribution in [0.15, 0.2) is 0 Å². The van der Waals surface area contributed by atoms with Gasteiger partial charge < -0.3 is 10.3 Å². The third kappa shape index (κ3) is 2.02. The number of nitrogens with two attached hydrogens (primary N) is 1. The van der Waals surface area contributed by atoms with Gasteiger partial charge in [-0.15, -0.1) is 0 Å². The molecule has 16 heavy (non-hydrogen) atoms. The molecular weight excluding hydrogens is 224 g/mol. The van der Waals surface area contributed by atoms with Gasteiger partial charge in [-0.25, -0.2) is 0 Å². The van der Waals surface area contributed by atoms with E-state index in [2.05, 4.69) is 10.2 Å². The van der Waals surface area contributed by atoms with Crippen molar-refractivity contribution in [2.75, 3.05) is 0 Å². The van der Waals surface area contributed by atoms with Gasteiger partial charge in [-0.1, -0.05) is 0 Å². The molecule has 0 saturated heterocycles. The van der Waals surface area contributed by atoms with Crippen LogP contribution >= 0.6 is 12.2 Å². The van der Waals surface area contributed by atoms with Gasteiger partial charge in [-0.05, 0) is 38.9 Å². The average molecular weight is 240 g/mol. The third-order valence-corrected chi connectivity index (χ3v) is 3.26. The SMILES string of the molecule is CC(C)(Cn1c(C2CC2)n[nH]c1=S)C(N)=O. The molecule has 0 radical (unpaired) electrons. The van der Waals surface area contributed by atoms with Crippen molar-refractivity contribution in [2.24, 2.45) is 11.1 Å². The maximum Gasteiger partial charge on any atom is 0.224 e. The molecule has 1 aromatic rings. The lowest BCUT2D eigenvalue weighted by Crippen LogP contribution is -2.35.